The minimum atomic E-state index is 0.163. The van der Waals surface area contributed by atoms with Gasteiger partial charge in [-0.1, -0.05) is 33.6 Å². The Morgan fingerprint density at radius 1 is 1.25 bits per heavy atom. The molecule has 0 saturated heterocycles. The zero-order valence-corrected chi connectivity index (χ0v) is 14.0. The second kappa shape index (κ2) is 6.35. The lowest BCUT2D eigenvalue weighted by Crippen LogP contribution is -2.33. The minimum absolute atomic E-state index is 0.163. The summed E-state index contributed by atoms with van der Waals surface area (Å²) in [4.78, 5) is 0. The van der Waals surface area contributed by atoms with Crippen LogP contribution in [-0.4, -0.2) is 13.1 Å². The van der Waals surface area contributed by atoms with E-state index in [2.05, 4.69) is 27.3 Å². The average Bonchev–Trinajstić information content (AvgIpc) is 3.28. The van der Waals surface area contributed by atoms with Gasteiger partial charge < -0.3 is 11.1 Å². The van der Waals surface area contributed by atoms with Gasteiger partial charge in [0.1, 0.15) is 0 Å². The van der Waals surface area contributed by atoms with Crippen LogP contribution in [0.5, 0.6) is 0 Å². The molecule has 1 aromatic carbocycles. The summed E-state index contributed by atoms with van der Waals surface area (Å²) in [5, 5.41) is 4.45. The molecule has 2 saturated carbocycles. The third-order valence-electron chi connectivity index (χ3n) is 4.63. The summed E-state index contributed by atoms with van der Waals surface area (Å²) in [5.41, 5.74) is 7.06. The third kappa shape index (κ3) is 3.56. The monoisotopic (exact) mass is 356 g/mol. The van der Waals surface area contributed by atoms with Crippen molar-refractivity contribution in [2.45, 2.75) is 31.7 Å². The molecule has 1 atom stereocenters. The van der Waals surface area contributed by atoms with E-state index in [0.29, 0.717) is 6.54 Å². The van der Waals surface area contributed by atoms with Crippen LogP contribution in [0.15, 0.2) is 22.7 Å². The number of benzene rings is 1. The predicted molar refractivity (Wildman–Crippen MR) is 87.9 cm³/mol. The summed E-state index contributed by atoms with van der Waals surface area (Å²) in [6.45, 7) is 1.67. The standard InChI is InChI=1S/C16H22BrClN2/c17-12-5-6-13(15(18)7-12)16(8-19)20-9-14(10-1-2-10)11-3-4-11/h5-7,10-11,14,16,20H,1-4,8-9,19H2. The molecular weight excluding hydrogens is 336 g/mol. The zero-order chi connectivity index (χ0) is 14.1. The quantitative estimate of drug-likeness (QED) is 0.770. The van der Waals surface area contributed by atoms with Crippen molar-refractivity contribution in [2.75, 3.05) is 13.1 Å². The number of hydrogen-bond donors (Lipinski definition) is 2. The SMILES string of the molecule is NCC(NCC(C1CC1)C1CC1)c1ccc(Br)cc1Cl. The highest BCUT2D eigenvalue weighted by atomic mass is 79.9. The first-order valence-electron chi connectivity index (χ1n) is 7.57. The molecule has 0 radical (unpaired) electrons. The van der Waals surface area contributed by atoms with Crippen LogP contribution in [-0.2, 0) is 0 Å². The maximum atomic E-state index is 6.34. The Morgan fingerprint density at radius 3 is 2.40 bits per heavy atom. The van der Waals surface area contributed by atoms with Crippen molar-refractivity contribution in [1.82, 2.24) is 5.32 Å². The number of halogens is 2. The van der Waals surface area contributed by atoms with E-state index in [-0.39, 0.29) is 6.04 Å². The van der Waals surface area contributed by atoms with Crippen LogP contribution in [0.25, 0.3) is 0 Å². The number of hydrogen-bond acceptors (Lipinski definition) is 2. The molecule has 2 aliphatic rings. The molecule has 20 heavy (non-hydrogen) atoms. The summed E-state index contributed by atoms with van der Waals surface area (Å²) < 4.78 is 1.01. The summed E-state index contributed by atoms with van der Waals surface area (Å²) >= 11 is 9.79. The van der Waals surface area contributed by atoms with Crippen LogP contribution in [0.2, 0.25) is 5.02 Å². The van der Waals surface area contributed by atoms with E-state index in [9.17, 15) is 0 Å². The van der Waals surface area contributed by atoms with E-state index < -0.39 is 0 Å². The van der Waals surface area contributed by atoms with Crippen LogP contribution >= 0.6 is 27.5 Å². The van der Waals surface area contributed by atoms with Gasteiger partial charge in [-0.2, -0.15) is 0 Å². The van der Waals surface area contributed by atoms with Crippen LogP contribution < -0.4 is 11.1 Å². The average molecular weight is 358 g/mol. The van der Waals surface area contributed by atoms with Crippen LogP contribution in [0.4, 0.5) is 0 Å². The fourth-order valence-corrected chi connectivity index (χ4v) is 3.95. The first-order valence-corrected chi connectivity index (χ1v) is 8.74. The highest BCUT2D eigenvalue weighted by Gasteiger charge is 2.41. The van der Waals surface area contributed by atoms with Gasteiger partial charge in [0.2, 0.25) is 0 Å². The van der Waals surface area contributed by atoms with Crippen LogP contribution in [0, 0.1) is 17.8 Å². The molecule has 3 rings (SSSR count). The molecule has 1 unspecified atom stereocenters. The zero-order valence-electron chi connectivity index (χ0n) is 11.6. The summed E-state index contributed by atoms with van der Waals surface area (Å²) in [7, 11) is 0. The van der Waals surface area contributed by atoms with Crippen molar-refractivity contribution in [3.8, 4) is 0 Å². The minimum Gasteiger partial charge on any atom is -0.329 e. The molecular formula is C16H22BrClN2. The largest absolute Gasteiger partial charge is 0.329 e. The maximum Gasteiger partial charge on any atom is 0.0465 e. The van der Waals surface area contributed by atoms with Gasteiger partial charge in [-0.3, -0.25) is 0 Å². The number of nitrogens with two attached hydrogens (primary N) is 1. The van der Waals surface area contributed by atoms with Crippen molar-refractivity contribution >= 4 is 27.5 Å². The molecule has 1 aromatic rings. The Hall–Kier alpha value is -0.0900. The van der Waals surface area contributed by atoms with Gasteiger partial charge in [0, 0.05) is 22.1 Å². The van der Waals surface area contributed by atoms with E-state index in [4.69, 9.17) is 17.3 Å². The molecule has 2 fully saturated rings. The molecule has 3 N–H and O–H groups in total. The summed E-state index contributed by atoms with van der Waals surface area (Å²) in [6.07, 6.45) is 5.70. The summed E-state index contributed by atoms with van der Waals surface area (Å²) in [6, 6.07) is 6.21. The number of rotatable bonds is 7. The van der Waals surface area contributed by atoms with Crippen molar-refractivity contribution in [2.24, 2.45) is 23.5 Å². The van der Waals surface area contributed by atoms with E-state index in [1.54, 1.807) is 0 Å². The molecule has 0 aromatic heterocycles. The van der Waals surface area contributed by atoms with E-state index in [1.165, 1.54) is 25.7 Å². The van der Waals surface area contributed by atoms with Gasteiger partial charge in [0.15, 0.2) is 0 Å². The Bertz CT molecular complexity index is 460. The second-order valence-electron chi connectivity index (χ2n) is 6.20. The fourth-order valence-electron chi connectivity index (χ4n) is 3.15. The van der Waals surface area contributed by atoms with Gasteiger partial charge in [0.05, 0.1) is 0 Å². The van der Waals surface area contributed by atoms with Crippen molar-refractivity contribution < 1.29 is 0 Å². The molecule has 0 heterocycles. The van der Waals surface area contributed by atoms with E-state index in [1.807, 2.05) is 12.1 Å². The number of nitrogens with one attached hydrogen (secondary N) is 1. The van der Waals surface area contributed by atoms with Crippen molar-refractivity contribution in [3.05, 3.63) is 33.3 Å². The lowest BCUT2D eigenvalue weighted by Gasteiger charge is -2.23. The molecule has 2 nitrogen and oxygen atoms in total. The van der Waals surface area contributed by atoms with Gasteiger partial charge >= 0.3 is 0 Å². The first-order chi connectivity index (χ1) is 9.69. The first kappa shape index (κ1) is 14.8. The molecule has 4 heteroatoms. The van der Waals surface area contributed by atoms with Crippen LogP contribution in [0.1, 0.15) is 37.3 Å². The lowest BCUT2D eigenvalue weighted by atomic mass is 9.97. The van der Waals surface area contributed by atoms with Gasteiger partial charge in [-0.05, 0) is 67.7 Å². The van der Waals surface area contributed by atoms with Crippen LogP contribution in [0.3, 0.4) is 0 Å². The Labute approximate surface area is 134 Å². The smallest absolute Gasteiger partial charge is 0.0465 e. The Kier molecular flexibility index (Phi) is 4.71. The van der Waals surface area contributed by atoms with Gasteiger partial charge in [0.25, 0.3) is 0 Å². The van der Waals surface area contributed by atoms with Crippen molar-refractivity contribution in [1.29, 1.82) is 0 Å². The van der Waals surface area contributed by atoms with E-state index in [0.717, 1.165) is 39.4 Å². The fraction of sp³-hybridized carbons (Fsp3) is 0.625. The predicted octanol–water partition coefficient (Wildman–Crippen LogP) is 4.13. The molecule has 0 amide bonds. The van der Waals surface area contributed by atoms with Crippen molar-refractivity contribution in [3.63, 3.8) is 0 Å². The third-order valence-corrected chi connectivity index (χ3v) is 5.45. The molecule has 0 bridgehead atoms. The van der Waals surface area contributed by atoms with E-state index >= 15 is 0 Å². The highest BCUT2D eigenvalue weighted by molar-refractivity contribution is 9.10. The highest BCUT2D eigenvalue weighted by Crippen LogP contribution is 2.49. The lowest BCUT2D eigenvalue weighted by molar-refractivity contribution is 0.357. The summed E-state index contributed by atoms with van der Waals surface area (Å²) in [5.74, 6) is 2.79. The van der Waals surface area contributed by atoms with Gasteiger partial charge in [-0.15, -0.1) is 0 Å². The normalized spacial score (nSPS) is 20.4. The Balaban J connectivity index is 1.63. The topological polar surface area (TPSA) is 38.0 Å². The molecule has 2 aliphatic carbocycles. The molecule has 0 aliphatic heterocycles. The maximum absolute atomic E-state index is 6.34. The van der Waals surface area contributed by atoms with Gasteiger partial charge in [-0.25, -0.2) is 0 Å². The molecule has 0 spiro atoms. The molecule has 110 valence electrons. The Morgan fingerprint density at radius 2 is 1.90 bits per heavy atom. The second-order valence-corrected chi connectivity index (χ2v) is 7.52.